The molecule has 0 radical (unpaired) electrons. The molecule has 0 saturated heterocycles. The van der Waals surface area contributed by atoms with Crippen LogP contribution in [0, 0.1) is 0 Å². The molecular formula is C22H23ClN4O3. The van der Waals surface area contributed by atoms with Gasteiger partial charge in [-0.2, -0.15) is 5.10 Å². The quantitative estimate of drug-likeness (QED) is 0.662. The number of nitrogens with one attached hydrogen (secondary N) is 1. The number of rotatable bonds is 5. The highest BCUT2D eigenvalue weighted by Crippen LogP contribution is 2.29. The van der Waals surface area contributed by atoms with Gasteiger partial charge in [-0.05, 0) is 30.3 Å². The summed E-state index contributed by atoms with van der Waals surface area (Å²) in [5, 5.41) is 8.05. The van der Waals surface area contributed by atoms with E-state index >= 15 is 0 Å². The van der Waals surface area contributed by atoms with Crippen molar-refractivity contribution in [1.29, 1.82) is 0 Å². The van der Waals surface area contributed by atoms with E-state index in [1.54, 1.807) is 30.2 Å². The maximum Gasteiger partial charge on any atom is 0.322 e. The summed E-state index contributed by atoms with van der Waals surface area (Å²) >= 11 is 6.07. The number of hydrogen-bond donors (Lipinski definition) is 1. The van der Waals surface area contributed by atoms with Crippen molar-refractivity contribution in [2.45, 2.75) is 19.6 Å². The summed E-state index contributed by atoms with van der Waals surface area (Å²) < 4.78 is 13.1. The van der Waals surface area contributed by atoms with Gasteiger partial charge in [0.25, 0.3) is 0 Å². The molecule has 3 aromatic rings. The van der Waals surface area contributed by atoms with Crippen LogP contribution in [0.1, 0.15) is 17.0 Å². The summed E-state index contributed by atoms with van der Waals surface area (Å²) in [5.74, 6) is 1.35. The predicted molar refractivity (Wildman–Crippen MR) is 115 cm³/mol. The minimum absolute atomic E-state index is 0.208. The number of carbonyl (C=O) groups excluding carboxylic acids is 1. The number of hydrogen-bond acceptors (Lipinski definition) is 4. The van der Waals surface area contributed by atoms with Crippen LogP contribution in [-0.4, -0.2) is 34.4 Å². The van der Waals surface area contributed by atoms with E-state index in [0.29, 0.717) is 36.2 Å². The van der Waals surface area contributed by atoms with E-state index < -0.39 is 0 Å². The van der Waals surface area contributed by atoms with E-state index in [1.807, 2.05) is 42.1 Å². The van der Waals surface area contributed by atoms with Crippen molar-refractivity contribution >= 4 is 23.3 Å². The zero-order valence-corrected chi connectivity index (χ0v) is 17.6. The van der Waals surface area contributed by atoms with Crippen LogP contribution in [0.4, 0.5) is 10.5 Å². The number of halogens is 1. The van der Waals surface area contributed by atoms with E-state index in [9.17, 15) is 4.79 Å². The topological polar surface area (TPSA) is 68.6 Å². The lowest BCUT2D eigenvalue weighted by molar-refractivity contribution is 0.205. The summed E-state index contributed by atoms with van der Waals surface area (Å²) in [6.07, 6.45) is 0.726. The van der Waals surface area contributed by atoms with Crippen molar-refractivity contribution in [2.75, 3.05) is 19.0 Å². The summed E-state index contributed by atoms with van der Waals surface area (Å²) in [6, 6.07) is 14.5. The van der Waals surface area contributed by atoms with Gasteiger partial charge in [-0.3, -0.25) is 4.68 Å². The molecule has 1 aliphatic heterocycles. The zero-order chi connectivity index (χ0) is 21.1. The average molecular weight is 427 g/mol. The first-order valence-corrected chi connectivity index (χ1v) is 10.0. The van der Waals surface area contributed by atoms with Crippen molar-refractivity contribution < 1.29 is 14.3 Å². The van der Waals surface area contributed by atoms with Crippen molar-refractivity contribution in [3.8, 4) is 11.5 Å². The molecule has 0 spiro atoms. The molecule has 0 unspecified atom stereocenters. The molecule has 2 amide bonds. The van der Waals surface area contributed by atoms with Crippen LogP contribution in [0.3, 0.4) is 0 Å². The maximum atomic E-state index is 12.9. The Morgan fingerprint density at radius 1 is 1.23 bits per heavy atom. The Morgan fingerprint density at radius 2 is 2.03 bits per heavy atom. The third-order valence-electron chi connectivity index (χ3n) is 5.13. The van der Waals surface area contributed by atoms with E-state index in [4.69, 9.17) is 21.1 Å². The number of benzene rings is 2. The minimum Gasteiger partial charge on any atom is -0.495 e. The largest absolute Gasteiger partial charge is 0.495 e. The molecular weight excluding hydrogens is 404 g/mol. The van der Waals surface area contributed by atoms with Gasteiger partial charge in [-0.15, -0.1) is 0 Å². The number of amides is 2. The number of ether oxygens (including phenoxy) is 2. The Labute approximate surface area is 180 Å². The van der Waals surface area contributed by atoms with Gasteiger partial charge in [0.05, 0.1) is 19.3 Å². The van der Waals surface area contributed by atoms with Gasteiger partial charge in [0, 0.05) is 36.3 Å². The molecule has 30 heavy (non-hydrogen) atoms. The number of nitrogens with zero attached hydrogens (tertiary/aromatic N) is 3. The van der Waals surface area contributed by atoms with Crippen LogP contribution in [0.5, 0.6) is 11.5 Å². The third kappa shape index (κ3) is 4.21. The number of para-hydroxylation sites is 1. The highest BCUT2D eigenvalue weighted by Gasteiger charge is 2.27. The fourth-order valence-electron chi connectivity index (χ4n) is 3.60. The monoisotopic (exact) mass is 426 g/mol. The van der Waals surface area contributed by atoms with Crippen LogP contribution < -0.4 is 14.8 Å². The first-order chi connectivity index (χ1) is 14.5. The molecule has 2 aromatic carbocycles. The fraction of sp³-hybridized carbons (Fsp3) is 0.273. The van der Waals surface area contributed by atoms with E-state index in [2.05, 4.69) is 10.4 Å². The number of fused-ring (bicyclic) bond motifs is 1. The number of carbonyl (C=O) groups is 1. The Balaban J connectivity index is 1.49. The van der Waals surface area contributed by atoms with Crippen LogP contribution in [0.25, 0.3) is 0 Å². The van der Waals surface area contributed by atoms with Gasteiger partial charge in [0.15, 0.2) is 0 Å². The number of methoxy groups -OCH3 is 1. The van der Waals surface area contributed by atoms with Crippen LogP contribution in [0.2, 0.25) is 5.02 Å². The molecule has 1 N–H and O–H groups in total. The Bertz CT molecular complexity index is 1050. The third-order valence-corrected chi connectivity index (χ3v) is 5.37. The van der Waals surface area contributed by atoms with Crippen molar-refractivity contribution in [2.24, 2.45) is 7.05 Å². The maximum absolute atomic E-state index is 12.9. The van der Waals surface area contributed by atoms with Crippen molar-refractivity contribution in [1.82, 2.24) is 14.7 Å². The summed E-state index contributed by atoms with van der Waals surface area (Å²) in [6.45, 7) is 1.41. The molecule has 0 fully saturated rings. The second-order valence-corrected chi connectivity index (χ2v) is 7.48. The summed E-state index contributed by atoms with van der Waals surface area (Å²) in [5.41, 5.74) is 3.55. The number of aromatic nitrogens is 2. The highest BCUT2D eigenvalue weighted by atomic mass is 35.5. The molecule has 0 bridgehead atoms. The van der Waals surface area contributed by atoms with Gasteiger partial charge in [-0.1, -0.05) is 29.8 Å². The second-order valence-electron chi connectivity index (χ2n) is 7.04. The van der Waals surface area contributed by atoms with Crippen LogP contribution in [0.15, 0.2) is 48.5 Å². The van der Waals surface area contributed by atoms with Gasteiger partial charge in [0.2, 0.25) is 0 Å². The molecule has 0 saturated carbocycles. The molecule has 2 heterocycles. The average Bonchev–Trinajstić information content (AvgIpc) is 3.08. The van der Waals surface area contributed by atoms with Gasteiger partial charge in [-0.25, -0.2) is 4.79 Å². The molecule has 0 aliphatic carbocycles. The van der Waals surface area contributed by atoms with Crippen LogP contribution in [-0.2, 0) is 26.6 Å². The standard InChI is InChI=1S/C22H23ClN4O3/c1-26-20-10-11-27(22(28)24-18-12-15(23)8-9-21(18)29-2)13-17(20)19(25-26)14-30-16-6-4-3-5-7-16/h3-9,12H,10-11,13-14H2,1-2H3,(H,24,28). The number of anilines is 1. The van der Waals surface area contributed by atoms with Crippen molar-refractivity contribution in [3.05, 3.63) is 70.5 Å². The molecule has 8 heteroatoms. The zero-order valence-electron chi connectivity index (χ0n) is 16.9. The Morgan fingerprint density at radius 3 is 2.80 bits per heavy atom. The lowest BCUT2D eigenvalue weighted by atomic mass is 10.1. The number of urea groups is 1. The molecule has 156 valence electrons. The predicted octanol–water partition coefficient (Wildman–Crippen LogP) is 4.25. The number of aryl methyl sites for hydroxylation is 1. The van der Waals surface area contributed by atoms with Gasteiger partial charge in [0.1, 0.15) is 23.8 Å². The lowest BCUT2D eigenvalue weighted by Crippen LogP contribution is -2.39. The summed E-state index contributed by atoms with van der Waals surface area (Å²) in [4.78, 5) is 14.7. The smallest absolute Gasteiger partial charge is 0.322 e. The molecule has 4 rings (SSSR count). The highest BCUT2D eigenvalue weighted by molar-refractivity contribution is 6.31. The summed E-state index contributed by atoms with van der Waals surface area (Å²) in [7, 11) is 3.48. The van der Waals surface area contributed by atoms with Gasteiger partial charge < -0.3 is 19.7 Å². The SMILES string of the molecule is COc1ccc(Cl)cc1NC(=O)N1CCc2c(c(COc3ccccc3)nn2C)C1. The lowest BCUT2D eigenvalue weighted by Gasteiger charge is -2.28. The van der Waals surface area contributed by atoms with Crippen LogP contribution >= 0.6 is 11.6 Å². The Hall–Kier alpha value is -3.19. The molecule has 1 aromatic heterocycles. The first kappa shape index (κ1) is 20.1. The van der Waals surface area contributed by atoms with E-state index in [0.717, 1.165) is 29.1 Å². The van der Waals surface area contributed by atoms with Crippen molar-refractivity contribution in [3.63, 3.8) is 0 Å². The molecule has 1 aliphatic rings. The molecule has 0 atom stereocenters. The van der Waals surface area contributed by atoms with E-state index in [1.165, 1.54) is 0 Å². The van der Waals surface area contributed by atoms with Gasteiger partial charge >= 0.3 is 6.03 Å². The normalized spacial score (nSPS) is 13.0. The second kappa shape index (κ2) is 8.67. The van der Waals surface area contributed by atoms with E-state index in [-0.39, 0.29) is 6.03 Å². The Kier molecular flexibility index (Phi) is 5.81. The molecule has 7 nitrogen and oxygen atoms in total. The first-order valence-electron chi connectivity index (χ1n) is 9.66. The fourth-order valence-corrected chi connectivity index (χ4v) is 3.77. The minimum atomic E-state index is -0.208.